The summed E-state index contributed by atoms with van der Waals surface area (Å²) in [6, 6.07) is 9.70. The lowest BCUT2D eigenvalue weighted by molar-refractivity contribution is -0.394. The number of phenols is 3. The standard InChI is InChI=1S/C30H32O15/c1-28-10-18(33)15-9-30(28,29(15,27(40)45-28)12-42-24(38)13-5-3-2-4-6-13)44-26-23(37)22(36)21(35)19(43-26)11-41-25(39)14-7-16(31)20(34)17(32)8-14/h2-8,15,18-19,21-23,26,31-37H,9-12H2,1H3/t15?,18-,19?,21?,22?,23?,26?,28+,29?,30+/m1/s1. The van der Waals surface area contributed by atoms with Gasteiger partial charge in [-0.3, -0.25) is 4.79 Å². The number of carbonyl (C=O) groups is 3. The number of carbonyl (C=O) groups excluding carboxylic acids is 3. The highest BCUT2D eigenvalue weighted by atomic mass is 16.7. The second-order valence-corrected chi connectivity index (χ2v) is 12.0. The average Bonchev–Trinajstić information content (AvgIpc) is 3.07. The number of hydrogen-bond donors (Lipinski definition) is 7. The summed E-state index contributed by atoms with van der Waals surface area (Å²) in [5.41, 5.74) is -4.89. The molecular formula is C30H32O15. The Labute approximate surface area is 255 Å². The SMILES string of the molecule is C[C@]12C[C@@H](O)C3C[C@@]1(OC1OC(COC(=O)c4cc(O)c(O)c(O)c4)C(O)C(O)C1O)C3(COC(=O)c1ccccc1)C(=O)O2. The Morgan fingerprint density at radius 1 is 0.889 bits per heavy atom. The van der Waals surface area contributed by atoms with E-state index >= 15 is 0 Å². The van der Waals surface area contributed by atoms with E-state index in [9.17, 15) is 50.1 Å². The van der Waals surface area contributed by atoms with Crippen molar-refractivity contribution >= 4 is 17.9 Å². The maximum atomic E-state index is 13.5. The van der Waals surface area contributed by atoms with E-state index in [1.807, 2.05) is 0 Å². The van der Waals surface area contributed by atoms with Gasteiger partial charge in [-0.05, 0) is 37.6 Å². The molecule has 0 amide bonds. The van der Waals surface area contributed by atoms with Crippen LogP contribution in [0.4, 0.5) is 0 Å². The molecule has 2 heterocycles. The minimum absolute atomic E-state index is 0.0397. The third kappa shape index (κ3) is 4.53. The first-order valence-electron chi connectivity index (χ1n) is 14.2. The fraction of sp³-hybridized carbons (Fsp3) is 0.500. The molecule has 7 N–H and O–H groups in total. The van der Waals surface area contributed by atoms with Crippen molar-refractivity contribution in [3.05, 3.63) is 53.6 Å². The monoisotopic (exact) mass is 632 g/mol. The molecule has 0 spiro atoms. The maximum Gasteiger partial charge on any atom is 0.338 e. The van der Waals surface area contributed by atoms with Crippen molar-refractivity contribution in [3.63, 3.8) is 0 Å². The minimum Gasteiger partial charge on any atom is -0.504 e. The fourth-order valence-electron chi connectivity index (χ4n) is 7.14. The Morgan fingerprint density at radius 2 is 1.53 bits per heavy atom. The molecule has 2 aromatic carbocycles. The molecule has 10 atom stereocenters. The van der Waals surface area contributed by atoms with Crippen LogP contribution in [0.5, 0.6) is 17.2 Å². The van der Waals surface area contributed by atoms with Crippen LogP contribution in [0.15, 0.2) is 42.5 Å². The normalized spacial score (nSPS) is 38.2. The Bertz CT molecular complexity index is 1490. The van der Waals surface area contributed by atoms with E-state index in [1.165, 1.54) is 19.1 Å². The van der Waals surface area contributed by atoms with Crippen LogP contribution < -0.4 is 0 Å². The van der Waals surface area contributed by atoms with E-state index in [1.54, 1.807) is 18.2 Å². The molecule has 242 valence electrons. The molecule has 7 rings (SSSR count). The van der Waals surface area contributed by atoms with Gasteiger partial charge >= 0.3 is 17.9 Å². The van der Waals surface area contributed by atoms with Gasteiger partial charge < -0.3 is 59.4 Å². The Kier molecular flexibility index (Phi) is 7.46. The molecule has 2 saturated heterocycles. The first-order valence-corrected chi connectivity index (χ1v) is 14.2. The van der Waals surface area contributed by atoms with Crippen LogP contribution in [-0.4, -0.2) is 115 Å². The number of hydrogen-bond acceptors (Lipinski definition) is 15. The molecule has 3 saturated carbocycles. The van der Waals surface area contributed by atoms with Gasteiger partial charge in [-0.2, -0.15) is 0 Å². The lowest BCUT2D eigenvalue weighted by Crippen LogP contribution is -2.80. The molecule has 4 bridgehead atoms. The molecule has 5 aliphatic rings. The van der Waals surface area contributed by atoms with Crippen molar-refractivity contribution in [1.82, 2.24) is 0 Å². The minimum atomic E-state index is -1.87. The van der Waals surface area contributed by atoms with Gasteiger partial charge in [-0.1, -0.05) is 18.2 Å². The van der Waals surface area contributed by atoms with Gasteiger partial charge in [-0.25, -0.2) is 9.59 Å². The number of aliphatic hydroxyl groups excluding tert-OH is 4. The molecule has 45 heavy (non-hydrogen) atoms. The van der Waals surface area contributed by atoms with Crippen molar-refractivity contribution in [1.29, 1.82) is 0 Å². The second-order valence-electron chi connectivity index (χ2n) is 12.0. The Hall–Kier alpha value is -3.99. The van der Waals surface area contributed by atoms with Gasteiger partial charge in [0.1, 0.15) is 54.2 Å². The fourth-order valence-corrected chi connectivity index (χ4v) is 7.14. The van der Waals surface area contributed by atoms with Crippen molar-refractivity contribution in [3.8, 4) is 17.2 Å². The van der Waals surface area contributed by atoms with Gasteiger partial charge in [-0.15, -0.1) is 0 Å². The van der Waals surface area contributed by atoms with Gasteiger partial charge in [0.15, 0.2) is 23.5 Å². The zero-order valence-electron chi connectivity index (χ0n) is 23.8. The quantitative estimate of drug-likeness (QED) is 0.110. The molecule has 5 fully saturated rings. The highest BCUT2D eigenvalue weighted by Gasteiger charge is 2.88. The summed E-state index contributed by atoms with van der Waals surface area (Å²) >= 11 is 0. The summed E-state index contributed by atoms with van der Waals surface area (Å²) in [6.07, 6.45) is -9.73. The van der Waals surface area contributed by atoms with E-state index in [0.717, 1.165) is 12.1 Å². The summed E-state index contributed by atoms with van der Waals surface area (Å²) < 4.78 is 28.5. The molecule has 0 radical (unpaired) electrons. The molecule has 3 aliphatic carbocycles. The smallest absolute Gasteiger partial charge is 0.338 e. The largest absolute Gasteiger partial charge is 0.504 e. The van der Waals surface area contributed by atoms with Crippen molar-refractivity contribution < 1.29 is 73.8 Å². The van der Waals surface area contributed by atoms with Gasteiger partial charge in [0.25, 0.3) is 0 Å². The summed E-state index contributed by atoms with van der Waals surface area (Å²) in [6.45, 7) is 0.303. The van der Waals surface area contributed by atoms with Crippen LogP contribution in [0.1, 0.15) is 40.5 Å². The van der Waals surface area contributed by atoms with Gasteiger partial charge in [0.05, 0.1) is 17.2 Å². The number of fused-ring (bicyclic) bond motifs is 1. The summed E-state index contributed by atoms with van der Waals surface area (Å²) in [4.78, 5) is 38.9. The van der Waals surface area contributed by atoms with Crippen LogP contribution >= 0.6 is 0 Å². The molecule has 2 aromatic rings. The molecule has 0 aromatic heterocycles. The number of aromatic hydroxyl groups is 3. The summed E-state index contributed by atoms with van der Waals surface area (Å²) in [5.74, 6) is -5.78. The van der Waals surface area contributed by atoms with E-state index in [4.69, 9.17) is 23.7 Å². The first kappa shape index (κ1) is 31.0. The Morgan fingerprint density at radius 3 is 2.20 bits per heavy atom. The first-order chi connectivity index (χ1) is 21.2. The van der Waals surface area contributed by atoms with Gasteiger partial charge in [0, 0.05) is 12.3 Å². The van der Waals surface area contributed by atoms with Crippen molar-refractivity contribution in [2.24, 2.45) is 11.3 Å². The predicted molar refractivity (Wildman–Crippen MR) is 145 cm³/mol. The van der Waals surface area contributed by atoms with Crippen LogP contribution in [0.2, 0.25) is 0 Å². The van der Waals surface area contributed by atoms with Gasteiger partial charge in [0.2, 0.25) is 0 Å². The molecular weight excluding hydrogens is 600 g/mol. The van der Waals surface area contributed by atoms with Crippen LogP contribution in [-0.2, 0) is 28.5 Å². The molecule has 15 nitrogen and oxygen atoms in total. The third-order valence-electron chi connectivity index (χ3n) is 9.57. The number of phenolic OH excluding ortho intramolecular Hbond substituents is 3. The average molecular weight is 633 g/mol. The number of esters is 3. The van der Waals surface area contributed by atoms with E-state index in [-0.39, 0.29) is 24.0 Å². The number of rotatable bonds is 8. The zero-order chi connectivity index (χ0) is 32.5. The Balaban J connectivity index is 1.23. The maximum absolute atomic E-state index is 13.5. The third-order valence-corrected chi connectivity index (χ3v) is 9.57. The highest BCUT2D eigenvalue weighted by Crippen LogP contribution is 2.73. The topological polar surface area (TPSA) is 239 Å². The number of benzene rings is 2. The van der Waals surface area contributed by atoms with Crippen molar-refractivity contribution in [2.45, 2.75) is 67.8 Å². The number of aliphatic hydroxyl groups is 4. The van der Waals surface area contributed by atoms with E-state index < -0.39 is 108 Å². The summed E-state index contributed by atoms with van der Waals surface area (Å²) in [7, 11) is 0. The van der Waals surface area contributed by atoms with Crippen LogP contribution in [0.3, 0.4) is 0 Å². The summed E-state index contributed by atoms with van der Waals surface area (Å²) in [5, 5.41) is 71.9. The van der Waals surface area contributed by atoms with Crippen molar-refractivity contribution in [2.75, 3.05) is 13.2 Å². The molecule has 7 unspecified atom stereocenters. The lowest BCUT2D eigenvalue weighted by atomic mass is 9.40. The van der Waals surface area contributed by atoms with E-state index in [2.05, 4.69) is 0 Å². The van der Waals surface area contributed by atoms with Crippen LogP contribution in [0, 0.1) is 11.3 Å². The molecule has 2 aliphatic heterocycles. The van der Waals surface area contributed by atoms with Crippen LogP contribution in [0.25, 0.3) is 0 Å². The van der Waals surface area contributed by atoms with E-state index in [0.29, 0.717) is 0 Å². The highest BCUT2D eigenvalue weighted by molar-refractivity contribution is 5.91. The molecule has 15 heteroatoms. The zero-order valence-corrected chi connectivity index (χ0v) is 23.8. The predicted octanol–water partition coefficient (Wildman–Crippen LogP) is -0.533. The second kappa shape index (κ2) is 10.8. The number of ether oxygens (including phenoxy) is 5. The lowest BCUT2D eigenvalue weighted by Gasteiger charge is -2.66.